The van der Waals surface area contributed by atoms with Gasteiger partial charge in [0.1, 0.15) is 11.5 Å². The molecule has 6 heteroatoms. The van der Waals surface area contributed by atoms with Crippen LogP contribution in [0.15, 0.2) is 114 Å². The third-order valence-corrected chi connectivity index (χ3v) is 13.1. The molecule has 3 aromatic heterocycles. The van der Waals surface area contributed by atoms with E-state index in [0.717, 1.165) is 68.7 Å². The maximum Gasteiger partial charge on any atom is 0.124 e. The summed E-state index contributed by atoms with van der Waals surface area (Å²) in [4.78, 5) is 14.3. The average molecular weight is 761 g/mol. The van der Waals surface area contributed by atoms with Crippen LogP contribution in [0.4, 0.5) is 0 Å². The first-order valence-electron chi connectivity index (χ1n) is 19.9. The smallest absolute Gasteiger partial charge is 0.124 e. The van der Waals surface area contributed by atoms with Crippen molar-refractivity contribution in [2.75, 3.05) is 0 Å². The van der Waals surface area contributed by atoms with Gasteiger partial charge in [-0.2, -0.15) is 0 Å². The molecule has 0 bridgehead atoms. The normalized spacial score (nSPS) is 13.2. The van der Waals surface area contributed by atoms with E-state index >= 15 is 0 Å². The van der Waals surface area contributed by atoms with Crippen LogP contribution in [-0.2, 0) is 12.8 Å². The van der Waals surface area contributed by atoms with Gasteiger partial charge in [0.2, 0.25) is 0 Å². The highest BCUT2D eigenvalue weighted by molar-refractivity contribution is 7.15. The molecule has 7 aromatic rings. The molecule has 0 saturated heterocycles. The zero-order valence-corrected chi connectivity index (χ0v) is 33.3. The van der Waals surface area contributed by atoms with Crippen LogP contribution in [0.2, 0.25) is 0 Å². The van der Waals surface area contributed by atoms with E-state index in [1.807, 2.05) is 59.1 Å². The first-order valence-corrected chi connectivity index (χ1v) is 21.5. The van der Waals surface area contributed by atoms with Gasteiger partial charge in [-0.05, 0) is 104 Å². The van der Waals surface area contributed by atoms with Gasteiger partial charge in [0.15, 0.2) is 0 Å². The molecule has 0 unspecified atom stereocenters. The molecule has 4 heterocycles. The quantitative estimate of drug-likeness (QED) is 0.0911. The average Bonchev–Trinajstić information content (AvgIpc) is 4.02. The Labute approximate surface area is 332 Å². The molecule has 0 fully saturated rings. The molecule has 4 nitrogen and oxygen atoms in total. The van der Waals surface area contributed by atoms with Gasteiger partial charge in [-0.25, -0.2) is 4.99 Å². The number of para-hydroxylation sites is 2. The van der Waals surface area contributed by atoms with E-state index in [4.69, 9.17) is 4.99 Å². The summed E-state index contributed by atoms with van der Waals surface area (Å²) in [7, 11) is 0. The number of aryl methyl sites for hydroxylation is 2. The summed E-state index contributed by atoms with van der Waals surface area (Å²) >= 11 is 3.75. The number of phenols is 2. The zero-order valence-electron chi connectivity index (χ0n) is 31.7. The fourth-order valence-corrected chi connectivity index (χ4v) is 9.78. The Bertz CT molecular complexity index is 2510. The Balaban J connectivity index is 1.20. The Kier molecular flexibility index (Phi) is 11.2. The van der Waals surface area contributed by atoms with Gasteiger partial charge < -0.3 is 15.2 Å². The number of aromatic amines is 1. The van der Waals surface area contributed by atoms with Crippen molar-refractivity contribution in [1.29, 1.82) is 0 Å². The molecule has 3 N–H and O–H groups in total. The van der Waals surface area contributed by atoms with Crippen molar-refractivity contribution in [2.24, 2.45) is 4.99 Å². The van der Waals surface area contributed by atoms with E-state index < -0.39 is 0 Å². The number of rotatable bonds is 15. The van der Waals surface area contributed by atoms with Crippen molar-refractivity contribution in [3.63, 3.8) is 0 Å². The summed E-state index contributed by atoms with van der Waals surface area (Å²) in [6, 6.07) is 37.3. The van der Waals surface area contributed by atoms with Crippen molar-refractivity contribution in [2.45, 2.75) is 78.1 Å². The third kappa shape index (κ3) is 7.85. The minimum absolute atomic E-state index is 0.210. The number of nitrogens with one attached hydrogen (secondary N) is 1. The Morgan fingerprint density at radius 3 is 1.80 bits per heavy atom. The van der Waals surface area contributed by atoms with Gasteiger partial charge in [0.25, 0.3) is 0 Å². The monoisotopic (exact) mass is 760 g/mol. The summed E-state index contributed by atoms with van der Waals surface area (Å²) < 4.78 is 0. The maximum atomic E-state index is 11.1. The number of aromatic nitrogens is 1. The first kappa shape index (κ1) is 36.8. The Hall–Kier alpha value is -5.17. The van der Waals surface area contributed by atoms with Crippen molar-refractivity contribution in [3.8, 4) is 43.6 Å². The fourth-order valence-electron chi connectivity index (χ4n) is 7.69. The van der Waals surface area contributed by atoms with Gasteiger partial charge in [0, 0.05) is 58.2 Å². The summed E-state index contributed by atoms with van der Waals surface area (Å²) in [5, 5.41) is 24.2. The van der Waals surface area contributed by atoms with Crippen LogP contribution in [0.1, 0.15) is 97.4 Å². The molecule has 0 aliphatic carbocycles. The lowest BCUT2D eigenvalue weighted by Gasteiger charge is -2.08. The van der Waals surface area contributed by atoms with Crippen LogP contribution in [0, 0.1) is 0 Å². The molecule has 8 rings (SSSR count). The minimum Gasteiger partial charge on any atom is -0.507 e. The summed E-state index contributed by atoms with van der Waals surface area (Å²) in [6.45, 7) is 4.51. The molecule has 278 valence electrons. The second kappa shape index (κ2) is 16.7. The number of hydrogen-bond acceptors (Lipinski definition) is 5. The molecule has 0 saturated carbocycles. The van der Waals surface area contributed by atoms with E-state index in [9.17, 15) is 10.2 Å². The number of H-pyrrole nitrogens is 1. The lowest BCUT2D eigenvalue weighted by Crippen LogP contribution is -2.01. The maximum absolute atomic E-state index is 11.1. The predicted molar refractivity (Wildman–Crippen MR) is 236 cm³/mol. The van der Waals surface area contributed by atoms with Crippen LogP contribution in [-0.4, -0.2) is 20.9 Å². The number of hydrogen-bond donors (Lipinski definition) is 3. The van der Waals surface area contributed by atoms with E-state index in [0.29, 0.717) is 5.56 Å². The van der Waals surface area contributed by atoms with Crippen molar-refractivity contribution < 1.29 is 10.2 Å². The van der Waals surface area contributed by atoms with E-state index in [1.54, 1.807) is 12.1 Å². The summed E-state index contributed by atoms with van der Waals surface area (Å²) in [5.41, 5.74) is 9.20. The van der Waals surface area contributed by atoms with Crippen LogP contribution in [0.3, 0.4) is 0 Å². The lowest BCUT2D eigenvalue weighted by molar-refractivity contribution is 0.474. The van der Waals surface area contributed by atoms with Gasteiger partial charge >= 0.3 is 0 Å². The second-order valence-corrected chi connectivity index (χ2v) is 16.9. The molecule has 0 atom stereocenters. The molecular weight excluding hydrogens is 713 g/mol. The van der Waals surface area contributed by atoms with Crippen molar-refractivity contribution in [1.82, 2.24) is 4.98 Å². The highest BCUT2D eigenvalue weighted by Crippen LogP contribution is 2.43. The van der Waals surface area contributed by atoms with Gasteiger partial charge in [-0.3, -0.25) is 0 Å². The first-order chi connectivity index (χ1) is 27.0. The van der Waals surface area contributed by atoms with Crippen molar-refractivity contribution >= 4 is 50.9 Å². The number of phenolic OH excluding ortho intramolecular Hbond substituents is 2. The van der Waals surface area contributed by atoms with Crippen LogP contribution < -0.4 is 0 Å². The molecule has 55 heavy (non-hydrogen) atoms. The highest BCUT2D eigenvalue weighted by atomic mass is 32.1. The van der Waals surface area contributed by atoms with Gasteiger partial charge in [-0.1, -0.05) is 101 Å². The van der Waals surface area contributed by atoms with E-state index in [-0.39, 0.29) is 11.5 Å². The lowest BCUT2D eigenvalue weighted by atomic mass is 9.96. The number of unbranched alkanes of at least 4 members (excludes halogenated alkanes) is 6. The van der Waals surface area contributed by atoms with Crippen LogP contribution in [0.5, 0.6) is 11.5 Å². The summed E-state index contributed by atoms with van der Waals surface area (Å²) in [6.07, 6.45) is 14.4. The van der Waals surface area contributed by atoms with Crippen LogP contribution >= 0.6 is 22.7 Å². The third-order valence-electron chi connectivity index (χ3n) is 10.7. The topological polar surface area (TPSA) is 68.6 Å². The highest BCUT2D eigenvalue weighted by Gasteiger charge is 2.25. The Morgan fingerprint density at radius 1 is 0.564 bits per heavy atom. The summed E-state index contributed by atoms with van der Waals surface area (Å²) in [5.74, 6) is 0.443. The number of nitrogens with zero attached hydrogens (tertiary/aromatic N) is 1. The van der Waals surface area contributed by atoms with Gasteiger partial charge in [0.05, 0.1) is 17.1 Å². The van der Waals surface area contributed by atoms with Crippen LogP contribution in [0.25, 0.3) is 54.7 Å². The number of fused-ring (bicyclic) bond motifs is 2. The number of aliphatic imine (C=N–C) groups is 1. The molecule has 4 aromatic carbocycles. The minimum atomic E-state index is 0.210. The molecular formula is C49H48N2O2S2. The molecule has 0 spiro atoms. The molecule has 0 amide bonds. The number of aromatic hydroxyl groups is 2. The molecule has 1 aliphatic rings. The standard InChI is InChI=1S/C49H48N2O2S2/c1-3-5-7-9-15-34-23-27-46(54-34)32-21-25-36-40(29-32)48(38-17-11-13-19-44(38)52)50-42(36)31-43-37-26-22-33(47-28-24-35(55-47)16-10-8-6-4-2)30-41(37)49(51-43)39-18-12-14-20-45(39)53/h11-14,17-31,50,52-53H,3-10,15-16H2,1-2H3/b43-31+. The largest absolute Gasteiger partial charge is 0.507 e. The predicted octanol–water partition coefficient (Wildman–Crippen LogP) is 14.3. The zero-order chi connectivity index (χ0) is 37.7. The molecule has 0 radical (unpaired) electrons. The fraction of sp³-hybridized carbons (Fsp3) is 0.245. The number of thiophene rings is 2. The number of benzene rings is 4. The SMILES string of the molecule is CCCCCCc1ccc(-c2ccc3c(c2)C(c2ccccc2O)=N/C3=C/c2[nH]c(-c3ccccc3O)c3cc(-c4ccc(CCCCCC)s4)ccc23)s1. The Morgan fingerprint density at radius 2 is 1.16 bits per heavy atom. The molecule has 1 aliphatic heterocycles. The second-order valence-electron chi connectivity index (χ2n) is 14.6. The van der Waals surface area contributed by atoms with E-state index in [2.05, 4.69) is 85.6 Å². The van der Waals surface area contributed by atoms with Crippen molar-refractivity contribution in [3.05, 3.63) is 141 Å². The van der Waals surface area contributed by atoms with Gasteiger partial charge in [-0.15, -0.1) is 22.7 Å². The van der Waals surface area contributed by atoms with E-state index in [1.165, 1.54) is 76.4 Å².